The van der Waals surface area contributed by atoms with E-state index < -0.39 is 5.97 Å². The molecule has 2 aliphatic heterocycles. The number of rotatable bonds is 5. The molecule has 0 aliphatic carbocycles. The van der Waals surface area contributed by atoms with Gasteiger partial charge in [-0.15, -0.1) is 11.3 Å². The Kier molecular flexibility index (Phi) is 5.43. The van der Waals surface area contributed by atoms with Crippen molar-refractivity contribution in [2.75, 3.05) is 39.6 Å². The lowest BCUT2D eigenvalue weighted by atomic mass is 10.1. The van der Waals surface area contributed by atoms with E-state index in [1.807, 2.05) is 18.2 Å². The number of amides is 1. The number of nitrogens with zero attached hydrogens (tertiary/aromatic N) is 4. The van der Waals surface area contributed by atoms with E-state index in [-0.39, 0.29) is 30.2 Å². The molecule has 3 aromatic rings. The number of aromatic nitrogens is 2. The maximum Gasteiger partial charge on any atom is 0.359 e. The van der Waals surface area contributed by atoms with Crippen LogP contribution in [0.3, 0.4) is 0 Å². The molecular weight excluding hydrogens is 444 g/mol. The van der Waals surface area contributed by atoms with Crippen LogP contribution in [0.15, 0.2) is 29.8 Å². The van der Waals surface area contributed by atoms with Gasteiger partial charge in [0.1, 0.15) is 0 Å². The summed E-state index contributed by atoms with van der Waals surface area (Å²) in [5, 5.41) is 1.87. The molecule has 2 aliphatic rings. The lowest BCUT2D eigenvalue weighted by molar-refractivity contribution is -0.136. The van der Waals surface area contributed by atoms with Crippen molar-refractivity contribution in [2.24, 2.45) is 0 Å². The van der Waals surface area contributed by atoms with Crippen LogP contribution in [0.25, 0.3) is 4.96 Å². The molecule has 2 aromatic heterocycles. The van der Waals surface area contributed by atoms with Crippen molar-refractivity contribution in [3.63, 3.8) is 0 Å². The fraction of sp³-hybridized carbons (Fsp3) is 0.350. The van der Waals surface area contributed by atoms with Crippen LogP contribution in [0.2, 0.25) is 5.15 Å². The van der Waals surface area contributed by atoms with Gasteiger partial charge in [0.2, 0.25) is 6.79 Å². The fourth-order valence-corrected chi connectivity index (χ4v) is 4.69. The Morgan fingerprint density at radius 1 is 1.16 bits per heavy atom. The standard InChI is InChI=1S/C20H19ClN4O5S/c21-18-17(25-7-8-31-20(25)22-18)19(27)28-11-16(26)24-5-3-23(4-6-24)10-13-1-2-14-15(9-13)30-12-29-14/h1-2,7-9H,3-6,10-12H2. The molecule has 162 valence electrons. The number of fused-ring (bicyclic) bond motifs is 2. The van der Waals surface area contributed by atoms with Crippen LogP contribution >= 0.6 is 22.9 Å². The Labute approximate surface area is 186 Å². The summed E-state index contributed by atoms with van der Waals surface area (Å²) in [5.41, 5.74) is 1.27. The Morgan fingerprint density at radius 3 is 2.81 bits per heavy atom. The first-order valence-corrected chi connectivity index (χ1v) is 11.0. The number of carbonyl (C=O) groups excluding carboxylic acids is 2. The molecule has 0 unspecified atom stereocenters. The van der Waals surface area contributed by atoms with Crippen LogP contribution in [-0.4, -0.2) is 70.6 Å². The van der Waals surface area contributed by atoms with E-state index in [2.05, 4.69) is 9.88 Å². The number of imidazole rings is 1. The summed E-state index contributed by atoms with van der Waals surface area (Å²) in [7, 11) is 0. The number of hydrogen-bond acceptors (Lipinski definition) is 8. The minimum atomic E-state index is -0.661. The second kappa shape index (κ2) is 8.37. The van der Waals surface area contributed by atoms with Gasteiger partial charge >= 0.3 is 5.97 Å². The van der Waals surface area contributed by atoms with Crippen molar-refractivity contribution in [2.45, 2.75) is 6.54 Å². The lowest BCUT2D eigenvalue weighted by Crippen LogP contribution is -2.49. The van der Waals surface area contributed by atoms with Crippen LogP contribution in [0.5, 0.6) is 11.5 Å². The number of ether oxygens (including phenoxy) is 3. The molecule has 5 rings (SSSR count). The van der Waals surface area contributed by atoms with Gasteiger partial charge in [-0.2, -0.15) is 0 Å². The van der Waals surface area contributed by atoms with Gasteiger partial charge in [-0.1, -0.05) is 17.7 Å². The highest BCUT2D eigenvalue weighted by Crippen LogP contribution is 2.32. The molecule has 1 fully saturated rings. The van der Waals surface area contributed by atoms with Crippen LogP contribution in [0.1, 0.15) is 16.1 Å². The van der Waals surface area contributed by atoms with Crippen molar-refractivity contribution in [1.82, 2.24) is 19.2 Å². The van der Waals surface area contributed by atoms with E-state index in [0.717, 1.165) is 36.7 Å². The molecule has 0 saturated carbocycles. The Balaban J connectivity index is 1.11. The van der Waals surface area contributed by atoms with E-state index in [1.54, 1.807) is 20.9 Å². The summed E-state index contributed by atoms with van der Waals surface area (Å²) in [6, 6.07) is 5.93. The molecule has 1 amide bonds. The smallest absolute Gasteiger partial charge is 0.359 e. The van der Waals surface area contributed by atoms with Crippen LogP contribution in [0, 0.1) is 0 Å². The Bertz CT molecular complexity index is 1140. The molecule has 0 atom stereocenters. The first-order chi connectivity index (χ1) is 15.1. The van der Waals surface area contributed by atoms with Crippen LogP contribution in [0.4, 0.5) is 0 Å². The molecule has 0 radical (unpaired) electrons. The molecule has 11 heteroatoms. The zero-order valence-electron chi connectivity index (χ0n) is 16.5. The maximum absolute atomic E-state index is 12.5. The van der Waals surface area contributed by atoms with E-state index in [4.69, 9.17) is 25.8 Å². The number of halogens is 1. The van der Waals surface area contributed by atoms with E-state index >= 15 is 0 Å². The van der Waals surface area contributed by atoms with Gasteiger partial charge < -0.3 is 19.1 Å². The van der Waals surface area contributed by atoms with E-state index in [9.17, 15) is 9.59 Å². The van der Waals surface area contributed by atoms with E-state index in [0.29, 0.717) is 18.1 Å². The predicted molar refractivity (Wildman–Crippen MR) is 113 cm³/mol. The SMILES string of the molecule is O=C(OCC(=O)N1CCN(Cc2ccc3c(c2)OCO3)CC1)c1c(Cl)nc2sccn12. The molecule has 0 spiro atoms. The number of esters is 1. The van der Waals surface area contributed by atoms with E-state index in [1.165, 1.54) is 11.3 Å². The lowest BCUT2D eigenvalue weighted by Gasteiger charge is -2.34. The van der Waals surface area contributed by atoms with Crippen LogP contribution < -0.4 is 9.47 Å². The summed E-state index contributed by atoms with van der Waals surface area (Å²) in [6.45, 7) is 3.32. The maximum atomic E-state index is 12.5. The second-order valence-corrected chi connectivity index (χ2v) is 8.46. The number of piperazine rings is 1. The van der Waals surface area contributed by atoms with Crippen molar-refractivity contribution in [3.05, 3.63) is 46.2 Å². The number of hydrogen-bond donors (Lipinski definition) is 0. The van der Waals surface area contributed by atoms with Gasteiger partial charge in [0.05, 0.1) is 0 Å². The molecule has 31 heavy (non-hydrogen) atoms. The minimum Gasteiger partial charge on any atom is -0.454 e. The summed E-state index contributed by atoms with van der Waals surface area (Å²) >= 11 is 7.40. The molecule has 0 N–H and O–H groups in total. The summed E-state index contributed by atoms with van der Waals surface area (Å²) in [4.78, 5) is 33.6. The van der Waals surface area contributed by atoms with Crippen molar-refractivity contribution in [3.8, 4) is 11.5 Å². The molecular formula is C20H19ClN4O5S. The number of carbonyl (C=O) groups is 2. The van der Waals surface area contributed by atoms with Gasteiger partial charge in [0.15, 0.2) is 33.9 Å². The zero-order valence-corrected chi connectivity index (χ0v) is 18.0. The first kappa shape index (κ1) is 20.1. The normalized spacial score (nSPS) is 16.1. The molecule has 9 nitrogen and oxygen atoms in total. The van der Waals surface area contributed by atoms with Crippen molar-refractivity contribution < 1.29 is 23.8 Å². The predicted octanol–water partition coefficient (Wildman–Crippen LogP) is 2.28. The highest BCUT2D eigenvalue weighted by atomic mass is 35.5. The van der Waals surface area contributed by atoms with Gasteiger partial charge in [0.25, 0.3) is 5.91 Å². The average molecular weight is 463 g/mol. The largest absolute Gasteiger partial charge is 0.454 e. The average Bonchev–Trinajstić information content (AvgIpc) is 3.48. The monoisotopic (exact) mass is 462 g/mol. The Morgan fingerprint density at radius 2 is 1.97 bits per heavy atom. The van der Waals surface area contributed by atoms with Gasteiger partial charge in [0, 0.05) is 44.3 Å². The third kappa shape index (κ3) is 4.06. The van der Waals surface area contributed by atoms with Gasteiger partial charge in [-0.25, -0.2) is 9.78 Å². The zero-order chi connectivity index (χ0) is 21.4. The number of thiazole rings is 1. The number of benzene rings is 1. The highest BCUT2D eigenvalue weighted by molar-refractivity contribution is 7.15. The minimum absolute atomic E-state index is 0.0708. The molecule has 1 saturated heterocycles. The third-order valence-electron chi connectivity index (χ3n) is 5.31. The Hall–Kier alpha value is -2.82. The van der Waals surface area contributed by atoms with Gasteiger partial charge in [-0.05, 0) is 17.7 Å². The molecule has 0 bridgehead atoms. The molecule has 1 aromatic carbocycles. The third-order valence-corrected chi connectivity index (χ3v) is 6.33. The van der Waals surface area contributed by atoms with Gasteiger partial charge in [-0.3, -0.25) is 14.1 Å². The summed E-state index contributed by atoms with van der Waals surface area (Å²) < 4.78 is 17.6. The molecule has 4 heterocycles. The second-order valence-electron chi connectivity index (χ2n) is 7.23. The topological polar surface area (TPSA) is 85.6 Å². The van der Waals surface area contributed by atoms with Crippen molar-refractivity contribution >= 4 is 39.8 Å². The summed E-state index contributed by atoms with van der Waals surface area (Å²) in [5.74, 6) is 0.654. The fourth-order valence-electron chi connectivity index (χ4n) is 3.68. The summed E-state index contributed by atoms with van der Waals surface area (Å²) in [6.07, 6.45) is 1.69. The van der Waals surface area contributed by atoms with Crippen LogP contribution in [-0.2, 0) is 16.1 Å². The first-order valence-electron chi connectivity index (χ1n) is 9.75. The van der Waals surface area contributed by atoms with Crippen molar-refractivity contribution in [1.29, 1.82) is 0 Å². The quantitative estimate of drug-likeness (QED) is 0.538. The highest BCUT2D eigenvalue weighted by Gasteiger charge is 2.25.